The number of rotatable bonds is 5. The average Bonchev–Trinajstić information content (AvgIpc) is 2.45. The summed E-state index contributed by atoms with van der Waals surface area (Å²) < 4.78 is 5.89. The lowest BCUT2D eigenvalue weighted by atomic mass is 9.95. The first kappa shape index (κ1) is 15.5. The van der Waals surface area contributed by atoms with Crippen molar-refractivity contribution in [1.82, 2.24) is 4.98 Å². The quantitative estimate of drug-likeness (QED) is 0.896. The molecule has 2 rings (SSSR count). The first-order chi connectivity index (χ1) is 10.0. The molecule has 0 fully saturated rings. The summed E-state index contributed by atoms with van der Waals surface area (Å²) in [7, 11) is 1.59. The van der Waals surface area contributed by atoms with E-state index >= 15 is 0 Å². The molecule has 0 amide bonds. The van der Waals surface area contributed by atoms with E-state index in [-0.39, 0.29) is 0 Å². The molecule has 1 N–H and O–H groups in total. The van der Waals surface area contributed by atoms with Crippen LogP contribution in [0.2, 0.25) is 0 Å². The molecule has 21 heavy (non-hydrogen) atoms. The fraction of sp³-hybridized carbons (Fsp3) is 0.250. The molecule has 1 heterocycles. The Balaban J connectivity index is 2.33. The third kappa shape index (κ3) is 3.82. The monoisotopic (exact) mass is 349 g/mol. The van der Waals surface area contributed by atoms with E-state index in [0.717, 1.165) is 15.6 Å². The highest BCUT2D eigenvalue weighted by Gasteiger charge is 2.24. The number of halogens is 1. The van der Waals surface area contributed by atoms with Crippen molar-refractivity contribution in [3.63, 3.8) is 0 Å². The van der Waals surface area contributed by atoms with Gasteiger partial charge in [-0.15, -0.1) is 0 Å². The van der Waals surface area contributed by atoms with Crippen LogP contribution in [0, 0.1) is 6.92 Å². The van der Waals surface area contributed by atoms with Gasteiger partial charge in [-0.2, -0.15) is 0 Å². The third-order valence-electron chi connectivity index (χ3n) is 3.21. The molecule has 1 aromatic carbocycles. The van der Waals surface area contributed by atoms with E-state index < -0.39 is 11.9 Å². The molecule has 0 aliphatic rings. The summed E-state index contributed by atoms with van der Waals surface area (Å²) in [5.41, 5.74) is 2.42. The van der Waals surface area contributed by atoms with Crippen molar-refractivity contribution >= 4 is 21.9 Å². The number of hydrogen-bond donors (Lipinski definition) is 1. The van der Waals surface area contributed by atoms with Gasteiger partial charge in [0.25, 0.3) is 0 Å². The number of carboxylic acid groups (broad SMARTS) is 1. The van der Waals surface area contributed by atoms with Crippen LogP contribution in [0.3, 0.4) is 0 Å². The largest absolute Gasteiger partial charge is 0.497 e. The first-order valence-corrected chi connectivity index (χ1v) is 7.28. The Morgan fingerprint density at radius 1 is 1.43 bits per heavy atom. The second kappa shape index (κ2) is 6.72. The zero-order valence-electron chi connectivity index (χ0n) is 11.8. The zero-order valence-corrected chi connectivity index (χ0v) is 13.4. The van der Waals surface area contributed by atoms with Crippen molar-refractivity contribution in [3.05, 3.63) is 57.8 Å². The SMILES string of the molecule is COc1cccc(CC(C(=O)O)c2ncc(C)cc2Br)c1. The number of carboxylic acids is 1. The van der Waals surface area contributed by atoms with E-state index in [1.165, 1.54) is 0 Å². The van der Waals surface area contributed by atoms with Crippen LogP contribution >= 0.6 is 15.9 Å². The molecule has 0 bridgehead atoms. The van der Waals surface area contributed by atoms with Gasteiger partial charge in [0, 0.05) is 10.7 Å². The van der Waals surface area contributed by atoms with Gasteiger partial charge < -0.3 is 9.84 Å². The Bertz CT molecular complexity index is 658. The molecular weight excluding hydrogens is 334 g/mol. The van der Waals surface area contributed by atoms with Gasteiger partial charge in [-0.1, -0.05) is 12.1 Å². The summed E-state index contributed by atoms with van der Waals surface area (Å²) in [4.78, 5) is 15.9. The number of ether oxygens (including phenoxy) is 1. The Kier molecular flexibility index (Phi) is 4.96. The summed E-state index contributed by atoms with van der Waals surface area (Å²) in [5.74, 6) is -0.880. The van der Waals surface area contributed by atoms with Crippen molar-refractivity contribution in [2.45, 2.75) is 19.3 Å². The molecule has 1 atom stereocenters. The highest BCUT2D eigenvalue weighted by Crippen LogP contribution is 2.28. The lowest BCUT2D eigenvalue weighted by Gasteiger charge is -2.14. The standard InChI is InChI=1S/C16H16BrNO3/c1-10-6-14(17)15(18-9-10)13(16(19)20)8-11-4-3-5-12(7-11)21-2/h3-7,9,13H,8H2,1-2H3,(H,19,20). The van der Waals surface area contributed by atoms with E-state index in [0.29, 0.717) is 17.9 Å². The average molecular weight is 350 g/mol. The number of aryl methyl sites for hydroxylation is 1. The first-order valence-electron chi connectivity index (χ1n) is 6.49. The lowest BCUT2D eigenvalue weighted by Crippen LogP contribution is -2.16. The lowest BCUT2D eigenvalue weighted by molar-refractivity contribution is -0.138. The molecule has 0 saturated carbocycles. The fourth-order valence-electron chi connectivity index (χ4n) is 2.14. The van der Waals surface area contributed by atoms with Gasteiger partial charge in [0.2, 0.25) is 0 Å². The molecular formula is C16H16BrNO3. The zero-order chi connectivity index (χ0) is 15.4. The molecule has 1 unspecified atom stereocenters. The van der Waals surface area contributed by atoms with E-state index in [9.17, 15) is 9.90 Å². The number of pyridine rings is 1. The molecule has 0 saturated heterocycles. The van der Waals surface area contributed by atoms with Crippen LogP contribution in [0.15, 0.2) is 41.0 Å². The number of aliphatic carboxylic acids is 1. The molecule has 0 aliphatic carbocycles. The molecule has 5 heteroatoms. The Morgan fingerprint density at radius 2 is 2.19 bits per heavy atom. The van der Waals surface area contributed by atoms with E-state index in [4.69, 9.17) is 4.74 Å². The smallest absolute Gasteiger partial charge is 0.312 e. The summed E-state index contributed by atoms with van der Waals surface area (Å²) in [5, 5.41) is 9.52. The summed E-state index contributed by atoms with van der Waals surface area (Å²) >= 11 is 3.41. The maximum atomic E-state index is 11.6. The highest BCUT2D eigenvalue weighted by atomic mass is 79.9. The normalized spacial score (nSPS) is 12.0. The van der Waals surface area contributed by atoms with E-state index in [1.54, 1.807) is 13.3 Å². The Labute approximate surface area is 131 Å². The fourth-order valence-corrected chi connectivity index (χ4v) is 2.88. The minimum absolute atomic E-state index is 0.362. The topological polar surface area (TPSA) is 59.4 Å². The minimum Gasteiger partial charge on any atom is -0.497 e. The number of aromatic nitrogens is 1. The van der Waals surface area contributed by atoms with Crippen molar-refractivity contribution in [3.8, 4) is 5.75 Å². The Hall–Kier alpha value is -1.88. The molecule has 2 aromatic rings. The minimum atomic E-state index is -0.894. The van der Waals surface area contributed by atoms with Crippen molar-refractivity contribution in [2.75, 3.05) is 7.11 Å². The predicted molar refractivity (Wildman–Crippen MR) is 83.7 cm³/mol. The molecule has 4 nitrogen and oxygen atoms in total. The van der Waals surface area contributed by atoms with Gasteiger partial charge in [0.1, 0.15) is 11.7 Å². The third-order valence-corrected chi connectivity index (χ3v) is 3.84. The summed E-state index contributed by atoms with van der Waals surface area (Å²) in [6.07, 6.45) is 2.04. The van der Waals surface area contributed by atoms with Gasteiger partial charge >= 0.3 is 5.97 Å². The van der Waals surface area contributed by atoms with Crippen LogP contribution in [0.4, 0.5) is 0 Å². The number of nitrogens with zero attached hydrogens (tertiary/aromatic N) is 1. The van der Waals surface area contributed by atoms with Gasteiger partial charge in [-0.05, 0) is 58.6 Å². The van der Waals surface area contributed by atoms with E-state index in [2.05, 4.69) is 20.9 Å². The van der Waals surface area contributed by atoms with Crippen LogP contribution in [0.1, 0.15) is 22.7 Å². The Morgan fingerprint density at radius 3 is 2.81 bits per heavy atom. The van der Waals surface area contributed by atoms with Gasteiger partial charge in [-0.3, -0.25) is 9.78 Å². The number of methoxy groups -OCH3 is 1. The van der Waals surface area contributed by atoms with Crippen molar-refractivity contribution < 1.29 is 14.6 Å². The number of benzene rings is 1. The maximum absolute atomic E-state index is 11.6. The summed E-state index contributed by atoms with van der Waals surface area (Å²) in [6.45, 7) is 1.92. The molecule has 1 aromatic heterocycles. The van der Waals surface area contributed by atoms with Crippen LogP contribution in [0.25, 0.3) is 0 Å². The van der Waals surface area contributed by atoms with Gasteiger partial charge in [0.15, 0.2) is 0 Å². The van der Waals surface area contributed by atoms with Gasteiger partial charge in [-0.25, -0.2) is 0 Å². The van der Waals surface area contributed by atoms with E-state index in [1.807, 2.05) is 37.3 Å². The van der Waals surface area contributed by atoms with Gasteiger partial charge in [0.05, 0.1) is 12.8 Å². The van der Waals surface area contributed by atoms with Crippen molar-refractivity contribution in [2.24, 2.45) is 0 Å². The number of hydrogen-bond acceptors (Lipinski definition) is 3. The van der Waals surface area contributed by atoms with Crippen molar-refractivity contribution in [1.29, 1.82) is 0 Å². The summed E-state index contributed by atoms with van der Waals surface area (Å²) in [6, 6.07) is 9.30. The number of carbonyl (C=O) groups is 1. The molecule has 0 radical (unpaired) electrons. The van der Waals surface area contributed by atoms with Crippen LogP contribution in [0.5, 0.6) is 5.75 Å². The predicted octanol–water partition coefficient (Wildman–Crippen LogP) is 3.57. The van der Waals surface area contributed by atoms with Crippen LogP contribution < -0.4 is 4.74 Å². The highest BCUT2D eigenvalue weighted by molar-refractivity contribution is 9.10. The molecule has 110 valence electrons. The maximum Gasteiger partial charge on any atom is 0.312 e. The van der Waals surface area contributed by atoms with Crippen LogP contribution in [-0.4, -0.2) is 23.2 Å². The second-order valence-electron chi connectivity index (χ2n) is 4.83. The molecule has 0 spiro atoms. The second-order valence-corrected chi connectivity index (χ2v) is 5.68. The molecule has 0 aliphatic heterocycles. The van der Waals surface area contributed by atoms with Crippen LogP contribution in [-0.2, 0) is 11.2 Å².